The minimum absolute atomic E-state index is 0.00111. The molecule has 2 heterocycles. The van der Waals surface area contributed by atoms with Gasteiger partial charge in [0.2, 0.25) is 17.5 Å². The van der Waals surface area contributed by atoms with Crippen LogP contribution in [0.4, 0.5) is 8.78 Å². The standard InChI is InChI=1S/C15H10Cl2F2N4O/c1-15(2,11-7(18)4-3-5-8(11)19)14-22-13(23-24-14)12-20-9(16)6-10(17)21-12/h3-6H,1-2H3. The topological polar surface area (TPSA) is 64.7 Å². The summed E-state index contributed by atoms with van der Waals surface area (Å²) in [5.74, 6) is -1.35. The number of rotatable bonds is 3. The Labute approximate surface area is 145 Å². The van der Waals surface area contributed by atoms with Gasteiger partial charge in [-0.1, -0.05) is 34.4 Å². The summed E-state index contributed by atoms with van der Waals surface area (Å²) < 4.78 is 33.3. The van der Waals surface area contributed by atoms with Gasteiger partial charge in [-0.25, -0.2) is 18.7 Å². The van der Waals surface area contributed by atoms with Crippen LogP contribution >= 0.6 is 23.2 Å². The highest BCUT2D eigenvalue weighted by Gasteiger charge is 2.35. The third kappa shape index (κ3) is 2.97. The number of nitrogens with zero attached hydrogens (tertiary/aromatic N) is 4. The van der Waals surface area contributed by atoms with Gasteiger partial charge >= 0.3 is 0 Å². The van der Waals surface area contributed by atoms with Crippen LogP contribution in [0.3, 0.4) is 0 Å². The lowest BCUT2D eigenvalue weighted by Crippen LogP contribution is -2.23. The van der Waals surface area contributed by atoms with E-state index in [0.29, 0.717) is 0 Å². The second kappa shape index (κ2) is 6.07. The van der Waals surface area contributed by atoms with E-state index in [4.69, 9.17) is 27.7 Å². The third-order valence-corrected chi connectivity index (χ3v) is 3.80. The van der Waals surface area contributed by atoms with Gasteiger partial charge in [-0.05, 0) is 26.0 Å². The Kier molecular flexibility index (Phi) is 4.23. The zero-order chi connectivity index (χ0) is 17.5. The van der Waals surface area contributed by atoms with Gasteiger partial charge in [0.15, 0.2) is 0 Å². The fraction of sp³-hybridized carbons (Fsp3) is 0.200. The van der Waals surface area contributed by atoms with Crippen molar-refractivity contribution in [1.29, 1.82) is 0 Å². The highest BCUT2D eigenvalue weighted by molar-refractivity contribution is 6.33. The van der Waals surface area contributed by atoms with Crippen LogP contribution in [0.1, 0.15) is 25.3 Å². The van der Waals surface area contributed by atoms with Crippen molar-refractivity contribution in [3.8, 4) is 11.6 Å². The van der Waals surface area contributed by atoms with Gasteiger partial charge in [0.05, 0.1) is 5.41 Å². The molecule has 0 saturated heterocycles. The van der Waals surface area contributed by atoms with E-state index >= 15 is 0 Å². The molecule has 124 valence electrons. The van der Waals surface area contributed by atoms with Crippen LogP contribution in [-0.2, 0) is 5.41 Å². The molecule has 0 spiro atoms. The number of hydrogen-bond donors (Lipinski definition) is 0. The maximum atomic E-state index is 14.1. The predicted octanol–water partition coefficient (Wildman–Crippen LogP) is 4.44. The van der Waals surface area contributed by atoms with E-state index in [2.05, 4.69) is 20.1 Å². The van der Waals surface area contributed by atoms with E-state index in [1.807, 2.05) is 0 Å². The van der Waals surface area contributed by atoms with Crippen molar-refractivity contribution in [1.82, 2.24) is 20.1 Å². The first kappa shape index (κ1) is 16.7. The van der Waals surface area contributed by atoms with Crippen molar-refractivity contribution in [2.75, 3.05) is 0 Å². The van der Waals surface area contributed by atoms with Gasteiger partial charge in [-0.15, -0.1) is 0 Å². The van der Waals surface area contributed by atoms with Crippen LogP contribution in [0.15, 0.2) is 28.8 Å². The lowest BCUT2D eigenvalue weighted by molar-refractivity contribution is 0.322. The van der Waals surface area contributed by atoms with Crippen molar-refractivity contribution in [3.63, 3.8) is 0 Å². The zero-order valence-electron chi connectivity index (χ0n) is 12.5. The van der Waals surface area contributed by atoms with E-state index in [9.17, 15) is 8.78 Å². The second-order valence-electron chi connectivity index (χ2n) is 5.48. The smallest absolute Gasteiger partial charge is 0.240 e. The molecule has 0 radical (unpaired) electrons. The molecule has 5 nitrogen and oxygen atoms in total. The number of hydrogen-bond acceptors (Lipinski definition) is 5. The summed E-state index contributed by atoms with van der Waals surface area (Å²) in [7, 11) is 0. The lowest BCUT2D eigenvalue weighted by atomic mass is 9.83. The quantitative estimate of drug-likeness (QED) is 0.637. The molecule has 3 aromatic rings. The maximum Gasteiger partial charge on any atom is 0.240 e. The fourth-order valence-electron chi connectivity index (χ4n) is 2.26. The first-order chi connectivity index (χ1) is 11.3. The van der Waals surface area contributed by atoms with Crippen LogP contribution < -0.4 is 0 Å². The summed E-state index contributed by atoms with van der Waals surface area (Å²) in [5, 5.41) is 3.96. The van der Waals surface area contributed by atoms with E-state index in [1.165, 1.54) is 12.1 Å². The van der Waals surface area contributed by atoms with Crippen LogP contribution in [-0.4, -0.2) is 20.1 Å². The average molecular weight is 371 g/mol. The maximum absolute atomic E-state index is 14.1. The minimum atomic E-state index is -1.21. The lowest BCUT2D eigenvalue weighted by Gasteiger charge is -2.21. The Bertz CT molecular complexity index is 874. The molecule has 9 heteroatoms. The van der Waals surface area contributed by atoms with Crippen LogP contribution in [0.25, 0.3) is 11.6 Å². The summed E-state index contributed by atoms with van der Waals surface area (Å²) in [6.07, 6.45) is 0. The van der Waals surface area contributed by atoms with Gasteiger partial charge in [0.25, 0.3) is 0 Å². The zero-order valence-corrected chi connectivity index (χ0v) is 14.0. The molecule has 0 bridgehead atoms. The summed E-state index contributed by atoms with van der Waals surface area (Å²) >= 11 is 11.6. The van der Waals surface area contributed by atoms with Crippen molar-refractivity contribution < 1.29 is 13.3 Å². The first-order valence-corrected chi connectivity index (χ1v) is 7.54. The van der Waals surface area contributed by atoms with E-state index in [1.54, 1.807) is 13.8 Å². The molecular weight excluding hydrogens is 361 g/mol. The molecule has 0 N–H and O–H groups in total. The monoisotopic (exact) mass is 370 g/mol. The van der Waals surface area contributed by atoms with Crippen molar-refractivity contribution in [2.24, 2.45) is 0 Å². The number of halogens is 4. The average Bonchev–Trinajstić information content (AvgIpc) is 2.96. The predicted molar refractivity (Wildman–Crippen MR) is 83.8 cm³/mol. The molecule has 0 saturated carbocycles. The third-order valence-electron chi connectivity index (χ3n) is 3.41. The first-order valence-electron chi connectivity index (χ1n) is 6.78. The highest BCUT2D eigenvalue weighted by Crippen LogP contribution is 2.34. The van der Waals surface area contributed by atoms with E-state index < -0.39 is 17.0 Å². The highest BCUT2D eigenvalue weighted by atomic mass is 35.5. The molecule has 0 aliphatic rings. The van der Waals surface area contributed by atoms with Crippen molar-refractivity contribution in [3.05, 3.63) is 57.7 Å². The summed E-state index contributed by atoms with van der Waals surface area (Å²) in [6, 6.07) is 4.96. The molecule has 1 aromatic carbocycles. The SMILES string of the molecule is CC(C)(c1nc(-c2nc(Cl)cc(Cl)n2)no1)c1c(F)cccc1F. The van der Waals surface area contributed by atoms with Gasteiger partial charge in [-0.3, -0.25) is 0 Å². The Hall–Kier alpha value is -2.12. The fourth-order valence-corrected chi connectivity index (χ4v) is 2.68. The van der Waals surface area contributed by atoms with Crippen molar-refractivity contribution >= 4 is 23.2 Å². The molecule has 0 aliphatic heterocycles. The Morgan fingerprint density at radius 2 is 1.54 bits per heavy atom. The molecule has 24 heavy (non-hydrogen) atoms. The Morgan fingerprint density at radius 1 is 0.958 bits per heavy atom. The molecule has 0 aliphatic carbocycles. The molecular formula is C15H10Cl2F2N4O. The summed E-state index contributed by atoms with van der Waals surface area (Å²) in [5.41, 5.74) is -1.38. The normalized spacial score (nSPS) is 11.8. The molecule has 0 unspecified atom stereocenters. The van der Waals surface area contributed by atoms with Crippen molar-refractivity contribution in [2.45, 2.75) is 19.3 Å². The largest absolute Gasteiger partial charge is 0.338 e. The number of benzene rings is 1. The molecule has 3 rings (SSSR count). The van der Waals surface area contributed by atoms with Crippen LogP contribution in [0.2, 0.25) is 10.3 Å². The molecule has 0 amide bonds. The summed E-state index contributed by atoms with van der Waals surface area (Å²) in [6.45, 7) is 3.13. The molecule has 2 aromatic heterocycles. The van der Waals surface area contributed by atoms with Gasteiger partial charge in [-0.2, -0.15) is 4.98 Å². The Balaban J connectivity index is 2.06. The molecule has 0 atom stereocenters. The van der Waals surface area contributed by atoms with Crippen LogP contribution in [0.5, 0.6) is 0 Å². The van der Waals surface area contributed by atoms with Gasteiger partial charge in [0, 0.05) is 11.6 Å². The van der Waals surface area contributed by atoms with Gasteiger partial charge < -0.3 is 4.52 Å². The van der Waals surface area contributed by atoms with Crippen LogP contribution in [0, 0.1) is 11.6 Å². The van der Waals surface area contributed by atoms with Gasteiger partial charge in [0.1, 0.15) is 21.9 Å². The minimum Gasteiger partial charge on any atom is -0.338 e. The van der Waals surface area contributed by atoms with E-state index in [0.717, 1.165) is 12.1 Å². The van der Waals surface area contributed by atoms with E-state index in [-0.39, 0.29) is 33.4 Å². The Morgan fingerprint density at radius 3 is 2.12 bits per heavy atom. The molecule has 0 fully saturated rings. The summed E-state index contributed by atoms with van der Waals surface area (Å²) in [4.78, 5) is 12.0. The number of aromatic nitrogens is 4. The second-order valence-corrected chi connectivity index (χ2v) is 6.26.